The Labute approximate surface area is 102 Å². The summed E-state index contributed by atoms with van der Waals surface area (Å²) in [6, 6.07) is 4.40. The highest BCUT2D eigenvalue weighted by molar-refractivity contribution is 5.48. The average molecular weight is 260 g/mol. The monoisotopic (exact) mass is 260 g/mol. The molecule has 1 aromatic rings. The predicted molar refractivity (Wildman–Crippen MR) is 59.3 cm³/mol. The molecular weight excluding hydrogens is 248 g/mol. The zero-order chi connectivity index (χ0) is 13.8. The fraction of sp³-hybridized carbons (Fsp3) is 0.417. The highest BCUT2D eigenvalue weighted by Gasteiger charge is 2.34. The Bertz CT molecular complexity index is 448. The first-order valence-corrected chi connectivity index (χ1v) is 5.38. The highest BCUT2D eigenvalue weighted by atomic mass is 19.4. The molecule has 1 N–H and O–H groups in total. The van der Waals surface area contributed by atoms with Crippen LogP contribution in [-0.4, -0.2) is 6.04 Å². The second-order valence-corrected chi connectivity index (χ2v) is 3.80. The van der Waals surface area contributed by atoms with Gasteiger partial charge in [-0.05, 0) is 24.6 Å². The van der Waals surface area contributed by atoms with Crippen LogP contribution in [-0.2, 0) is 6.18 Å². The lowest BCUT2D eigenvalue weighted by atomic mass is 10.1. The van der Waals surface area contributed by atoms with Gasteiger partial charge in [0.2, 0.25) is 0 Å². The molecule has 1 unspecified atom stereocenters. The van der Waals surface area contributed by atoms with Crippen molar-refractivity contribution in [3.63, 3.8) is 0 Å². The number of halogens is 4. The molecule has 0 radical (unpaired) electrons. The minimum atomic E-state index is -4.72. The Morgan fingerprint density at radius 2 is 2.06 bits per heavy atom. The Kier molecular flexibility index (Phi) is 4.54. The SMILES string of the molecule is CCC(CC#N)Nc1ccc(F)c(C(F)(F)F)c1. The van der Waals surface area contributed by atoms with E-state index in [1.165, 1.54) is 6.07 Å². The van der Waals surface area contributed by atoms with E-state index in [-0.39, 0.29) is 18.2 Å². The van der Waals surface area contributed by atoms with Crippen molar-refractivity contribution in [3.8, 4) is 6.07 Å². The number of hydrogen-bond donors (Lipinski definition) is 1. The van der Waals surface area contributed by atoms with Crippen molar-refractivity contribution < 1.29 is 17.6 Å². The van der Waals surface area contributed by atoms with Gasteiger partial charge >= 0.3 is 6.18 Å². The van der Waals surface area contributed by atoms with Gasteiger partial charge in [0.1, 0.15) is 5.82 Å². The van der Waals surface area contributed by atoms with E-state index in [0.717, 1.165) is 12.1 Å². The second kappa shape index (κ2) is 5.71. The molecule has 0 aromatic heterocycles. The fourth-order valence-corrected chi connectivity index (χ4v) is 1.48. The smallest absolute Gasteiger partial charge is 0.381 e. The second-order valence-electron chi connectivity index (χ2n) is 3.80. The molecule has 0 spiro atoms. The summed E-state index contributed by atoms with van der Waals surface area (Å²) in [6.07, 6.45) is -3.96. The van der Waals surface area contributed by atoms with E-state index < -0.39 is 17.6 Å². The number of alkyl halides is 3. The van der Waals surface area contributed by atoms with Gasteiger partial charge in [-0.25, -0.2) is 4.39 Å². The number of nitrogens with one attached hydrogen (secondary N) is 1. The van der Waals surface area contributed by atoms with Gasteiger partial charge < -0.3 is 5.32 Å². The summed E-state index contributed by atoms with van der Waals surface area (Å²) < 4.78 is 50.5. The molecule has 0 aliphatic rings. The molecule has 2 nitrogen and oxygen atoms in total. The van der Waals surface area contributed by atoms with E-state index in [2.05, 4.69) is 5.32 Å². The lowest BCUT2D eigenvalue weighted by Crippen LogP contribution is -2.18. The number of nitriles is 1. The molecule has 0 bridgehead atoms. The van der Waals surface area contributed by atoms with Crippen molar-refractivity contribution in [3.05, 3.63) is 29.6 Å². The van der Waals surface area contributed by atoms with E-state index in [4.69, 9.17) is 5.26 Å². The molecule has 0 aliphatic carbocycles. The average Bonchev–Trinajstić information content (AvgIpc) is 2.29. The lowest BCUT2D eigenvalue weighted by molar-refractivity contribution is -0.139. The predicted octanol–water partition coefficient (Wildman–Crippen LogP) is 3.95. The molecule has 0 amide bonds. The summed E-state index contributed by atoms with van der Waals surface area (Å²) in [4.78, 5) is 0. The van der Waals surface area contributed by atoms with Gasteiger partial charge in [0.05, 0.1) is 18.1 Å². The minimum Gasteiger partial charge on any atom is -0.381 e. The van der Waals surface area contributed by atoms with Crippen LogP contribution in [0.4, 0.5) is 23.2 Å². The first-order valence-electron chi connectivity index (χ1n) is 5.38. The number of rotatable bonds is 4. The molecule has 18 heavy (non-hydrogen) atoms. The van der Waals surface area contributed by atoms with E-state index in [9.17, 15) is 17.6 Å². The first-order chi connectivity index (χ1) is 8.38. The van der Waals surface area contributed by atoms with Crippen molar-refractivity contribution in [1.82, 2.24) is 0 Å². The maximum atomic E-state index is 13.0. The zero-order valence-electron chi connectivity index (χ0n) is 9.68. The van der Waals surface area contributed by atoms with Crippen molar-refractivity contribution in [1.29, 1.82) is 5.26 Å². The van der Waals surface area contributed by atoms with Crippen LogP contribution in [0.3, 0.4) is 0 Å². The van der Waals surface area contributed by atoms with Crippen molar-refractivity contribution in [2.75, 3.05) is 5.32 Å². The van der Waals surface area contributed by atoms with Gasteiger partial charge in [-0.15, -0.1) is 0 Å². The van der Waals surface area contributed by atoms with E-state index in [1.54, 1.807) is 0 Å². The number of hydrogen-bond acceptors (Lipinski definition) is 2. The topological polar surface area (TPSA) is 35.8 Å². The molecule has 0 aliphatic heterocycles. The first kappa shape index (κ1) is 14.3. The molecule has 1 rings (SSSR count). The quantitative estimate of drug-likeness (QED) is 0.832. The molecular formula is C12H12F4N2. The Hall–Kier alpha value is -1.77. The number of nitrogens with zero attached hydrogens (tertiary/aromatic N) is 1. The highest BCUT2D eigenvalue weighted by Crippen LogP contribution is 2.33. The Balaban J connectivity index is 2.95. The van der Waals surface area contributed by atoms with E-state index in [1.807, 2.05) is 13.0 Å². The number of benzene rings is 1. The van der Waals surface area contributed by atoms with Crippen molar-refractivity contribution in [2.45, 2.75) is 32.0 Å². The van der Waals surface area contributed by atoms with Gasteiger partial charge in [0.25, 0.3) is 0 Å². The summed E-state index contributed by atoms with van der Waals surface area (Å²) in [5, 5.41) is 11.3. The molecule has 1 aromatic carbocycles. The molecule has 0 heterocycles. The van der Waals surface area contributed by atoms with Gasteiger partial charge in [-0.2, -0.15) is 18.4 Å². The van der Waals surface area contributed by atoms with Crippen LogP contribution in [0.5, 0.6) is 0 Å². The summed E-state index contributed by atoms with van der Waals surface area (Å²) >= 11 is 0. The molecule has 0 saturated carbocycles. The van der Waals surface area contributed by atoms with Crippen LogP contribution in [0.2, 0.25) is 0 Å². The largest absolute Gasteiger partial charge is 0.419 e. The fourth-order valence-electron chi connectivity index (χ4n) is 1.48. The maximum absolute atomic E-state index is 13.0. The van der Waals surface area contributed by atoms with Gasteiger partial charge in [0, 0.05) is 11.7 Å². The van der Waals surface area contributed by atoms with Crippen LogP contribution in [0, 0.1) is 17.1 Å². The van der Waals surface area contributed by atoms with Crippen molar-refractivity contribution >= 4 is 5.69 Å². The summed E-state index contributed by atoms with van der Waals surface area (Å²) in [6.45, 7) is 1.81. The molecule has 1 atom stereocenters. The van der Waals surface area contributed by atoms with E-state index in [0.29, 0.717) is 6.42 Å². The van der Waals surface area contributed by atoms with Crippen LogP contribution >= 0.6 is 0 Å². The lowest BCUT2D eigenvalue weighted by Gasteiger charge is -2.16. The normalized spacial score (nSPS) is 12.9. The van der Waals surface area contributed by atoms with Gasteiger partial charge in [0.15, 0.2) is 0 Å². The molecule has 98 valence electrons. The van der Waals surface area contributed by atoms with Crippen molar-refractivity contribution in [2.24, 2.45) is 0 Å². The zero-order valence-corrected chi connectivity index (χ0v) is 9.68. The molecule has 0 fully saturated rings. The van der Waals surface area contributed by atoms with E-state index >= 15 is 0 Å². The third-order valence-corrected chi connectivity index (χ3v) is 2.47. The third kappa shape index (κ3) is 3.62. The third-order valence-electron chi connectivity index (χ3n) is 2.47. The standard InChI is InChI=1S/C12H12F4N2/c1-2-8(5-6-17)18-9-3-4-11(13)10(7-9)12(14,15)16/h3-4,7-8,18H,2,5H2,1H3. The van der Waals surface area contributed by atoms with Crippen LogP contribution in [0.25, 0.3) is 0 Å². The van der Waals surface area contributed by atoms with Gasteiger partial charge in [-0.3, -0.25) is 0 Å². The summed E-state index contributed by atoms with van der Waals surface area (Å²) in [5.74, 6) is -1.30. The summed E-state index contributed by atoms with van der Waals surface area (Å²) in [5.41, 5.74) is -1.15. The maximum Gasteiger partial charge on any atom is 0.419 e. The summed E-state index contributed by atoms with van der Waals surface area (Å²) in [7, 11) is 0. The van der Waals surface area contributed by atoms with Gasteiger partial charge in [-0.1, -0.05) is 6.92 Å². The van der Waals surface area contributed by atoms with Crippen LogP contribution < -0.4 is 5.32 Å². The molecule has 6 heteroatoms. The van der Waals surface area contributed by atoms with Crippen LogP contribution in [0.15, 0.2) is 18.2 Å². The number of anilines is 1. The minimum absolute atomic E-state index is 0.158. The Morgan fingerprint density at radius 3 is 2.56 bits per heavy atom. The van der Waals surface area contributed by atoms with Crippen LogP contribution in [0.1, 0.15) is 25.3 Å². The Morgan fingerprint density at radius 1 is 1.39 bits per heavy atom. The molecule has 0 saturated heterocycles.